The predicted molar refractivity (Wildman–Crippen MR) is 78.5 cm³/mol. The van der Waals surface area contributed by atoms with E-state index in [2.05, 4.69) is 31.2 Å². The highest BCUT2D eigenvalue weighted by Gasteiger charge is 2.57. The van der Waals surface area contributed by atoms with Crippen molar-refractivity contribution in [2.75, 3.05) is 0 Å². The highest BCUT2D eigenvalue weighted by atomic mass is 16.3. The summed E-state index contributed by atoms with van der Waals surface area (Å²) in [4.78, 5) is 0. The van der Waals surface area contributed by atoms with Gasteiger partial charge in [0.2, 0.25) is 0 Å². The van der Waals surface area contributed by atoms with Crippen LogP contribution in [0.15, 0.2) is 24.3 Å². The van der Waals surface area contributed by atoms with Gasteiger partial charge in [0.1, 0.15) is 0 Å². The van der Waals surface area contributed by atoms with E-state index in [-0.39, 0.29) is 5.41 Å². The van der Waals surface area contributed by atoms with Gasteiger partial charge in [-0.3, -0.25) is 0 Å². The summed E-state index contributed by atoms with van der Waals surface area (Å²) in [6.45, 7) is 2.20. The molecule has 2 saturated carbocycles. The van der Waals surface area contributed by atoms with Crippen molar-refractivity contribution in [3.8, 4) is 0 Å². The lowest BCUT2D eigenvalue weighted by atomic mass is 9.55. The summed E-state index contributed by atoms with van der Waals surface area (Å²) in [5.74, 6) is 1.78. The third-order valence-corrected chi connectivity index (χ3v) is 6.61. The largest absolute Gasteiger partial charge is 0.390 e. The molecule has 0 amide bonds. The molecule has 0 bridgehead atoms. The van der Waals surface area contributed by atoms with Gasteiger partial charge in [0.05, 0.1) is 12.2 Å². The second kappa shape index (κ2) is 4.32. The molecule has 2 heteroatoms. The van der Waals surface area contributed by atoms with Crippen LogP contribution in [0.1, 0.15) is 49.7 Å². The number of rotatable bonds is 0. The van der Waals surface area contributed by atoms with Crippen LogP contribution in [0.5, 0.6) is 0 Å². The summed E-state index contributed by atoms with van der Waals surface area (Å²) in [5.41, 5.74) is 3.01. The summed E-state index contributed by atoms with van der Waals surface area (Å²) in [6.07, 6.45) is 4.36. The van der Waals surface area contributed by atoms with Gasteiger partial charge in [0.25, 0.3) is 0 Å². The third-order valence-electron chi connectivity index (χ3n) is 6.61. The Morgan fingerprint density at radius 3 is 2.80 bits per heavy atom. The molecule has 0 aliphatic heterocycles. The number of aryl methyl sites for hydroxylation is 1. The van der Waals surface area contributed by atoms with Gasteiger partial charge < -0.3 is 10.2 Å². The highest BCUT2D eigenvalue weighted by Crippen LogP contribution is 2.60. The average molecular weight is 272 g/mol. The van der Waals surface area contributed by atoms with E-state index in [1.54, 1.807) is 5.56 Å². The molecule has 2 fully saturated rings. The standard InChI is InChI=1S/C18H24O2/c1-18-9-8-13-12-5-3-2-4-11(12)6-7-14(13)15(18)10-16(19)17(18)20/h2-5,13-17,19-20H,6-10H2,1H3/t13-,14-,15+,16-,17+,18+/m1/s1. The molecule has 6 atom stereocenters. The van der Waals surface area contributed by atoms with E-state index in [0.29, 0.717) is 17.8 Å². The fourth-order valence-corrected chi connectivity index (χ4v) is 5.51. The van der Waals surface area contributed by atoms with Gasteiger partial charge in [-0.15, -0.1) is 0 Å². The molecular weight excluding hydrogens is 248 g/mol. The molecule has 2 nitrogen and oxygen atoms in total. The van der Waals surface area contributed by atoms with Crippen LogP contribution >= 0.6 is 0 Å². The number of hydrogen-bond acceptors (Lipinski definition) is 2. The minimum Gasteiger partial charge on any atom is -0.390 e. The Kier molecular flexibility index (Phi) is 2.77. The number of benzene rings is 1. The first kappa shape index (κ1) is 12.8. The van der Waals surface area contributed by atoms with E-state index in [1.807, 2.05) is 0 Å². The Balaban J connectivity index is 1.72. The highest BCUT2D eigenvalue weighted by molar-refractivity contribution is 5.35. The Morgan fingerprint density at radius 1 is 1.15 bits per heavy atom. The van der Waals surface area contributed by atoms with Crippen molar-refractivity contribution < 1.29 is 10.2 Å². The number of aliphatic hydroxyl groups excluding tert-OH is 2. The molecule has 1 aromatic rings. The van der Waals surface area contributed by atoms with Gasteiger partial charge in [0, 0.05) is 0 Å². The zero-order valence-corrected chi connectivity index (χ0v) is 12.1. The maximum Gasteiger partial charge on any atom is 0.0855 e. The molecule has 108 valence electrons. The lowest BCUT2D eigenvalue weighted by Crippen LogP contribution is -2.44. The molecule has 0 heterocycles. The Hall–Kier alpha value is -0.860. The molecule has 0 aromatic heterocycles. The topological polar surface area (TPSA) is 40.5 Å². The maximum absolute atomic E-state index is 10.4. The second-order valence-electron chi connectivity index (χ2n) is 7.41. The minimum atomic E-state index is -0.523. The smallest absolute Gasteiger partial charge is 0.0855 e. The van der Waals surface area contributed by atoms with Crippen molar-refractivity contribution in [2.45, 2.75) is 57.2 Å². The van der Waals surface area contributed by atoms with Gasteiger partial charge in [0.15, 0.2) is 0 Å². The van der Waals surface area contributed by atoms with Gasteiger partial charge in [-0.25, -0.2) is 0 Å². The molecule has 0 radical (unpaired) electrons. The molecule has 0 saturated heterocycles. The number of aliphatic hydroxyl groups is 2. The van der Waals surface area contributed by atoms with Crippen molar-refractivity contribution in [1.29, 1.82) is 0 Å². The van der Waals surface area contributed by atoms with Crippen LogP contribution in [-0.2, 0) is 6.42 Å². The monoisotopic (exact) mass is 272 g/mol. The van der Waals surface area contributed by atoms with E-state index < -0.39 is 12.2 Å². The zero-order valence-electron chi connectivity index (χ0n) is 12.1. The summed E-state index contributed by atoms with van der Waals surface area (Å²) in [5, 5.41) is 20.5. The summed E-state index contributed by atoms with van der Waals surface area (Å²) in [7, 11) is 0. The zero-order chi connectivity index (χ0) is 13.9. The summed E-state index contributed by atoms with van der Waals surface area (Å²) < 4.78 is 0. The molecule has 3 aliphatic rings. The first-order chi connectivity index (χ1) is 9.61. The lowest BCUT2D eigenvalue weighted by Gasteiger charge is -2.49. The molecule has 1 aromatic carbocycles. The molecular formula is C18H24O2. The Morgan fingerprint density at radius 2 is 1.95 bits per heavy atom. The van der Waals surface area contributed by atoms with Crippen molar-refractivity contribution in [2.24, 2.45) is 17.3 Å². The Labute approximate surface area is 120 Å². The molecule has 4 rings (SSSR count). The van der Waals surface area contributed by atoms with E-state index in [4.69, 9.17) is 0 Å². The first-order valence-corrected chi connectivity index (χ1v) is 8.05. The van der Waals surface area contributed by atoms with E-state index in [9.17, 15) is 10.2 Å². The van der Waals surface area contributed by atoms with Gasteiger partial charge in [-0.2, -0.15) is 0 Å². The molecule has 20 heavy (non-hydrogen) atoms. The van der Waals surface area contributed by atoms with Gasteiger partial charge >= 0.3 is 0 Å². The van der Waals surface area contributed by atoms with Gasteiger partial charge in [-0.1, -0.05) is 31.2 Å². The van der Waals surface area contributed by atoms with Crippen LogP contribution in [0, 0.1) is 17.3 Å². The Bertz CT molecular complexity index is 526. The van der Waals surface area contributed by atoms with E-state index in [1.165, 1.54) is 18.4 Å². The van der Waals surface area contributed by atoms with Crippen molar-refractivity contribution >= 4 is 0 Å². The summed E-state index contributed by atoms with van der Waals surface area (Å²) >= 11 is 0. The first-order valence-electron chi connectivity index (χ1n) is 8.05. The fourth-order valence-electron chi connectivity index (χ4n) is 5.51. The fraction of sp³-hybridized carbons (Fsp3) is 0.667. The summed E-state index contributed by atoms with van der Waals surface area (Å²) in [6, 6.07) is 8.89. The van der Waals surface area contributed by atoms with Gasteiger partial charge in [-0.05, 0) is 66.4 Å². The van der Waals surface area contributed by atoms with E-state index in [0.717, 1.165) is 19.3 Å². The van der Waals surface area contributed by atoms with Crippen molar-refractivity contribution in [3.05, 3.63) is 35.4 Å². The van der Waals surface area contributed by atoms with Crippen molar-refractivity contribution in [1.82, 2.24) is 0 Å². The second-order valence-corrected chi connectivity index (χ2v) is 7.41. The van der Waals surface area contributed by atoms with Crippen LogP contribution in [0.25, 0.3) is 0 Å². The van der Waals surface area contributed by atoms with Crippen LogP contribution in [0.3, 0.4) is 0 Å². The maximum atomic E-state index is 10.4. The lowest BCUT2D eigenvalue weighted by molar-refractivity contribution is -0.0505. The number of fused-ring (bicyclic) bond motifs is 5. The molecule has 2 N–H and O–H groups in total. The SMILES string of the molecule is C[C@]12CC[C@@H]3c4ccccc4CC[C@H]3[C@@H]1C[C@@H](O)[C@@H]2O. The minimum absolute atomic E-state index is 0.0626. The average Bonchev–Trinajstić information content (AvgIpc) is 2.71. The quantitative estimate of drug-likeness (QED) is 0.762. The van der Waals surface area contributed by atoms with Crippen LogP contribution in [0.4, 0.5) is 0 Å². The van der Waals surface area contributed by atoms with Crippen LogP contribution < -0.4 is 0 Å². The van der Waals surface area contributed by atoms with Crippen LogP contribution in [-0.4, -0.2) is 22.4 Å². The normalized spacial score (nSPS) is 46.5. The molecule has 0 unspecified atom stereocenters. The van der Waals surface area contributed by atoms with Crippen molar-refractivity contribution in [3.63, 3.8) is 0 Å². The van der Waals surface area contributed by atoms with E-state index >= 15 is 0 Å². The van der Waals surface area contributed by atoms with Crippen LogP contribution in [0.2, 0.25) is 0 Å². The molecule has 3 aliphatic carbocycles. The predicted octanol–water partition coefficient (Wildman–Crippen LogP) is 2.87. The number of hydrogen-bond donors (Lipinski definition) is 2. The third kappa shape index (κ3) is 1.58. The molecule has 0 spiro atoms.